The van der Waals surface area contributed by atoms with Crippen molar-refractivity contribution in [3.05, 3.63) is 23.3 Å². The Morgan fingerprint density at radius 3 is 1.62 bits per heavy atom. The van der Waals surface area contributed by atoms with Crippen LogP contribution in [0.1, 0.15) is 69.2 Å². The minimum atomic E-state index is -1.57. The van der Waals surface area contributed by atoms with E-state index in [1.165, 1.54) is 29.3 Å². The zero-order valence-electron chi connectivity index (χ0n) is 16.2. The molecule has 0 fully saturated rings. The van der Waals surface area contributed by atoms with Gasteiger partial charge in [0.25, 0.3) is 0 Å². The molecule has 0 radical (unpaired) electrons. The quantitative estimate of drug-likeness (QED) is 0.374. The van der Waals surface area contributed by atoms with E-state index >= 15 is 0 Å². The molecule has 0 rings (SSSR count). The predicted molar refractivity (Wildman–Crippen MR) is 99.3 cm³/mol. The summed E-state index contributed by atoms with van der Waals surface area (Å²) in [6, 6.07) is 3.60. The van der Waals surface area contributed by atoms with Crippen LogP contribution in [0.3, 0.4) is 0 Å². The molecule has 0 bridgehead atoms. The number of hydrogen-bond donors (Lipinski definition) is 0. The van der Waals surface area contributed by atoms with E-state index in [0.717, 1.165) is 0 Å². The summed E-state index contributed by atoms with van der Waals surface area (Å²) < 4.78 is 6.65. The van der Waals surface area contributed by atoms with Crippen molar-refractivity contribution < 1.29 is 4.43 Å². The van der Waals surface area contributed by atoms with Crippen LogP contribution in [-0.2, 0) is 4.43 Å². The van der Waals surface area contributed by atoms with Crippen molar-refractivity contribution in [2.24, 2.45) is 5.41 Å². The van der Waals surface area contributed by atoms with E-state index in [1.54, 1.807) is 0 Å². The van der Waals surface area contributed by atoms with Gasteiger partial charge in [-0.15, -0.1) is 0 Å². The standard InChI is InChI=1S/C19H38OSi/c1-11-21(12-2,13-3)20-19(9,10)15-14-17(16(4)5)18(6,7)8/h14-15H,11-13H2,1-10H3/b15-14-. The lowest BCUT2D eigenvalue weighted by molar-refractivity contribution is 0.146. The lowest BCUT2D eigenvalue weighted by Gasteiger charge is -2.37. The molecule has 0 aliphatic carbocycles. The van der Waals surface area contributed by atoms with Crippen molar-refractivity contribution in [1.29, 1.82) is 0 Å². The Morgan fingerprint density at radius 1 is 0.905 bits per heavy atom. The van der Waals surface area contributed by atoms with E-state index in [9.17, 15) is 0 Å². The molecule has 2 heteroatoms. The van der Waals surface area contributed by atoms with Crippen molar-refractivity contribution >= 4 is 8.32 Å². The highest BCUT2D eigenvalue weighted by atomic mass is 28.4. The fraction of sp³-hybridized carbons (Fsp3) is 0.789. The lowest BCUT2D eigenvalue weighted by Crippen LogP contribution is -2.43. The molecular formula is C19H38OSi. The maximum absolute atomic E-state index is 6.65. The molecule has 0 unspecified atom stereocenters. The summed E-state index contributed by atoms with van der Waals surface area (Å²) in [5, 5.41) is 0. The van der Waals surface area contributed by atoms with E-state index in [1.807, 2.05) is 0 Å². The summed E-state index contributed by atoms with van der Waals surface area (Å²) in [7, 11) is -1.57. The molecule has 0 aromatic heterocycles. The van der Waals surface area contributed by atoms with Gasteiger partial charge in [0.05, 0.1) is 5.60 Å². The summed E-state index contributed by atoms with van der Waals surface area (Å²) in [5.41, 5.74) is 2.80. The summed E-state index contributed by atoms with van der Waals surface area (Å²) in [6.45, 7) is 22.5. The van der Waals surface area contributed by atoms with E-state index in [0.29, 0.717) is 0 Å². The number of allylic oxidation sites excluding steroid dienone is 3. The molecule has 1 nitrogen and oxygen atoms in total. The van der Waals surface area contributed by atoms with Gasteiger partial charge in [-0.25, -0.2) is 0 Å². The van der Waals surface area contributed by atoms with Crippen LogP contribution in [0.2, 0.25) is 18.1 Å². The highest BCUT2D eigenvalue weighted by Gasteiger charge is 2.34. The molecular weight excluding hydrogens is 272 g/mol. The van der Waals surface area contributed by atoms with E-state index in [-0.39, 0.29) is 11.0 Å². The van der Waals surface area contributed by atoms with Gasteiger partial charge in [-0.3, -0.25) is 0 Å². The molecule has 0 heterocycles. The minimum absolute atomic E-state index is 0.180. The molecule has 0 saturated heterocycles. The van der Waals surface area contributed by atoms with Crippen LogP contribution in [0.25, 0.3) is 0 Å². The summed E-state index contributed by atoms with van der Waals surface area (Å²) >= 11 is 0. The third kappa shape index (κ3) is 6.52. The average molecular weight is 311 g/mol. The smallest absolute Gasteiger partial charge is 0.193 e. The van der Waals surface area contributed by atoms with Crippen LogP contribution >= 0.6 is 0 Å². The molecule has 0 saturated carbocycles. The van der Waals surface area contributed by atoms with Gasteiger partial charge in [0.2, 0.25) is 0 Å². The van der Waals surface area contributed by atoms with Crippen LogP contribution in [-0.4, -0.2) is 13.9 Å². The maximum Gasteiger partial charge on any atom is 0.193 e. The van der Waals surface area contributed by atoms with Crippen LogP contribution in [0, 0.1) is 5.41 Å². The lowest BCUT2D eigenvalue weighted by atomic mass is 9.83. The Kier molecular flexibility index (Phi) is 7.65. The molecule has 0 aliphatic rings. The Bertz CT molecular complexity index is 367. The molecule has 124 valence electrons. The number of rotatable bonds is 7. The average Bonchev–Trinajstić information content (AvgIpc) is 2.34. The van der Waals surface area contributed by atoms with Gasteiger partial charge in [-0.2, -0.15) is 0 Å². The first-order valence-electron chi connectivity index (χ1n) is 8.50. The first-order chi connectivity index (χ1) is 9.43. The van der Waals surface area contributed by atoms with Gasteiger partial charge < -0.3 is 4.43 Å². The van der Waals surface area contributed by atoms with Gasteiger partial charge >= 0.3 is 0 Å². The normalized spacial score (nSPS) is 13.8. The SMILES string of the molecule is CC[Si](CC)(CC)OC(C)(C)/C=C\C(=C(C)C)C(C)(C)C. The molecule has 0 aromatic rings. The predicted octanol–water partition coefficient (Wildman–Crippen LogP) is 6.73. The van der Waals surface area contributed by atoms with Crippen molar-refractivity contribution in [1.82, 2.24) is 0 Å². The Balaban J connectivity index is 5.29. The largest absolute Gasteiger partial charge is 0.409 e. The van der Waals surface area contributed by atoms with Gasteiger partial charge in [-0.05, 0) is 56.8 Å². The van der Waals surface area contributed by atoms with Gasteiger partial charge in [-0.1, -0.05) is 59.3 Å². The third-order valence-electron chi connectivity index (χ3n) is 4.41. The van der Waals surface area contributed by atoms with Crippen LogP contribution in [0.5, 0.6) is 0 Å². The first kappa shape index (κ1) is 20.7. The van der Waals surface area contributed by atoms with Gasteiger partial charge in [0, 0.05) is 0 Å². The Labute approximate surface area is 135 Å². The monoisotopic (exact) mass is 310 g/mol. The second kappa shape index (κ2) is 7.78. The second-order valence-corrected chi connectivity index (χ2v) is 12.6. The fourth-order valence-corrected chi connectivity index (χ4v) is 6.13. The van der Waals surface area contributed by atoms with Crippen LogP contribution < -0.4 is 0 Å². The van der Waals surface area contributed by atoms with Crippen LogP contribution in [0.15, 0.2) is 23.3 Å². The summed E-state index contributed by atoms with van der Waals surface area (Å²) in [5.74, 6) is 0. The fourth-order valence-electron chi connectivity index (χ4n) is 3.01. The van der Waals surface area contributed by atoms with E-state index < -0.39 is 8.32 Å². The molecule has 0 atom stereocenters. The van der Waals surface area contributed by atoms with E-state index in [2.05, 4.69) is 81.4 Å². The van der Waals surface area contributed by atoms with Crippen molar-refractivity contribution in [2.75, 3.05) is 0 Å². The van der Waals surface area contributed by atoms with Crippen molar-refractivity contribution in [3.8, 4) is 0 Å². The highest BCUT2D eigenvalue weighted by molar-refractivity contribution is 6.73. The van der Waals surface area contributed by atoms with Crippen molar-refractivity contribution in [2.45, 2.75) is 93.0 Å². The van der Waals surface area contributed by atoms with Gasteiger partial charge in [0.1, 0.15) is 0 Å². The van der Waals surface area contributed by atoms with E-state index in [4.69, 9.17) is 4.43 Å². The minimum Gasteiger partial charge on any atom is -0.409 e. The molecule has 0 N–H and O–H groups in total. The molecule has 0 aliphatic heterocycles. The zero-order valence-corrected chi connectivity index (χ0v) is 17.2. The van der Waals surface area contributed by atoms with Gasteiger partial charge in [0.15, 0.2) is 8.32 Å². The number of hydrogen-bond acceptors (Lipinski definition) is 1. The Hall–Kier alpha value is -0.343. The summed E-state index contributed by atoms with van der Waals surface area (Å²) in [6.07, 6.45) is 4.55. The van der Waals surface area contributed by atoms with Crippen LogP contribution in [0.4, 0.5) is 0 Å². The topological polar surface area (TPSA) is 9.23 Å². The maximum atomic E-state index is 6.65. The molecule has 0 amide bonds. The third-order valence-corrected chi connectivity index (χ3v) is 9.24. The van der Waals surface area contributed by atoms with Crippen molar-refractivity contribution in [3.63, 3.8) is 0 Å². The molecule has 0 spiro atoms. The highest BCUT2D eigenvalue weighted by Crippen LogP contribution is 2.32. The zero-order chi connectivity index (χ0) is 16.9. The molecule has 21 heavy (non-hydrogen) atoms. The molecule has 0 aromatic carbocycles. The summed E-state index contributed by atoms with van der Waals surface area (Å²) in [4.78, 5) is 0. The first-order valence-corrected chi connectivity index (χ1v) is 11.0. The Morgan fingerprint density at radius 2 is 1.33 bits per heavy atom. The second-order valence-electron chi connectivity index (χ2n) is 7.95.